The second-order valence-electron chi connectivity index (χ2n) is 6.72. The first-order chi connectivity index (χ1) is 13.7. The molecule has 1 N–H and O–H groups in total. The normalized spacial score (nSPS) is 15.5. The summed E-state index contributed by atoms with van der Waals surface area (Å²) in [6, 6.07) is 17.0. The first-order valence-corrected chi connectivity index (χ1v) is 9.99. The van der Waals surface area contributed by atoms with Crippen LogP contribution in [0, 0.1) is 5.92 Å². The molecule has 1 unspecified atom stereocenters. The van der Waals surface area contributed by atoms with Gasteiger partial charge in [0.15, 0.2) is 0 Å². The lowest BCUT2D eigenvalue weighted by atomic mass is 9.90. The lowest BCUT2D eigenvalue weighted by Gasteiger charge is -2.21. The van der Waals surface area contributed by atoms with Gasteiger partial charge in [-0.15, -0.1) is 11.3 Å². The van der Waals surface area contributed by atoms with Crippen molar-refractivity contribution in [1.29, 1.82) is 0 Å². The molecule has 0 spiro atoms. The molecule has 0 radical (unpaired) electrons. The number of rotatable bonds is 4. The molecule has 0 bridgehead atoms. The van der Waals surface area contributed by atoms with E-state index >= 15 is 0 Å². The highest BCUT2D eigenvalue weighted by molar-refractivity contribution is 7.15. The first-order valence-electron chi connectivity index (χ1n) is 9.18. The number of methoxy groups -OCH3 is 1. The van der Waals surface area contributed by atoms with Gasteiger partial charge in [-0.25, -0.2) is 9.78 Å². The van der Waals surface area contributed by atoms with Crippen LogP contribution in [0.4, 0.5) is 5.69 Å². The van der Waals surface area contributed by atoms with Crippen LogP contribution in [0.15, 0.2) is 54.6 Å². The Morgan fingerprint density at radius 2 is 1.86 bits per heavy atom. The van der Waals surface area contributed by atoms with E-state index in [2.05, 4.69) is 17.4 Å². The number of hydrogen-bond donors (Lipinski definition) is 1. The maximum Gasteiger partial charge on any atom is 0.339 e. The number of nitrogens with one attached hydrogen (secondary N) is 1. The first kappa shape index (κ1) is 18.4. The van der Waals surface area contributed by atoms with Gasteiger partial charge in [0.1, 0.15) is 5.01 Å². The molecule has 1 atom stereocenters. The van der Waals surface area contributed by atoms with Gasteiger partial charge in [0.2, 0.25) is 5.91 Å². The number of benzene rings is 2. The Morgan fingerprint density at radius 3 is 2.64 bits per heavy atom. The SMILES string of the molecule is COC(=O)c1ccccc1NC(=O)C1CCc2nc(-c3ccccc3)sc2C1. The van der Waals surface area contributed by atoms with Crippen molar-refractivity contribution in [2.24, 2.45) is 5.92 Å². The van der Waals surface area contributed by atoms with E-state index in [4.69, 9.17) is 9.72 Å². The third-order valence-corrected chi connectivity index (χ3v) is 6.09. The molecule has 0 aliphatic heterocycles. The number of ether oxygens (including phenoxy) is 1. The largest absolute Gasteiger partial charge is 0.465 e. The molecule has 1 amide bonds. The van der Waals surface area contributed by atoms with Crippen LogP contribution in [0.1, 0.15) is 27.3 Å². The molecule has 0 saturated carbocycles. The third-order valence-electron chi connectivity index (χ3n) is 4.92. The molecular weight excluding hydrogens is 372 g/mol. The van der Waals surface area contributed by atoms with E-state index in [0.29, 0.717) is 17.7 Å². The van der Waals surface area contributed by atoms with E-state index in [0.717, 1.165) is 29.1 Å². The van der Waals surface area contributed by atoms with Crippen molar-refractivity contribution in [3.05, 3.63) is 70.7 Å². The predicted octanol–water partition coefficient (Wildman–Crippen LogP) is 4.34. The van der Waals surface area contributed by atoms with Crippen LogP contribution in [-0.2, 0) is 22.4 Å². The minimum atomic E-state index is -0.461. The fourth-order valence-corrected chi connectivity index (χ4v) is 4.61. The molecule has 28 heavy (non-hydrogen) atoms. The number of carbonyl (C=O) groups excluding carboxylic acids is 2. The summed E-state index contributed by atoms with van der Waals surface area (Å²) in [5.41, 5.74) is 3.05. The van der Waals surface area contributed by atoms with E-state index in [1.807, 2.05) is 18.2 Å². The van der Waals surface area contributed by atoms with Crippen molar-refractivity contribution < 1.29 is 14.3 Å². The van der Waals surface area contributed by atoms with Gasteiger partial charge in [-0.3, -0.25) is 4.79 Å². The summed E-state index contributed by atoms with van der Waals surface area (Å²) in [5, 5.41) is 3.91. The Labute approximate surface area is 167 Å². The van der Waals surface area contributed by atoms with Crippen LogP contribution >= 0.6 is 11.3 Å². The number of carbonyl (C=O) groups is 2. The monoisotopic (exact) mass is 392 g/mol. The van der Waals surface area contributed by atoms with Crippen LogP contribution in [0.2, 0.25) is 0 Å². The number of para-hydroxylation sites is 1. The average Bonchev–Trinajstić information content (AvgIpc) is 3.17. The molecule has 1 aliphatic carbocycles. The van der Waals surface area contributed by atoms with Gasteiger partial charge in [0, 0.05) is 16.4 Å². The molecule has 142 valence electrons. The number of thiazole rings is 1. The van der Waals surface area contributed by atoms with Gasteiger partial charge in [-0.05, 0) is 31.4 Å². The Balaban J connectivity index is 1.50. The molecule has 1 aliphatic rings. The molecule has 3 aromatic rings. The minimum Gasteiger partial charge on any atom is -0.465 e. The summed E-state index contributed by atoms with van der Waals surface area (Å²) in [5.74, 6) is -0.671. The van der Waals surface area contributed by atoms with Crippen molar-refractivity contribution in [3.8, 4) is 10.6 Å². The summed E-state index contributed by atoms with van der Waals surface area (Å²) in [4.78, 5) is 30.7. The highest BCUT2D eigenvalue weighted by Crippen LogP contribution is 2.35. The maximum absolute atomic E-state index is 12.8. The summed E-state index contributed by atoms with van der Waals surface area (Å²) in [6.07, 6.45) is 2.21. The quantitative estimate of drug-likeness (QED) is 0.671. The number of nitrogens with zero attached hydrogens (tertiary/aromatic N) is 1. The molecule has 1 heterocycles. The Bertz CT molecular complexity index is 1010. The lowest BCUT2D eigenvalue weighted by Crippen LogP contribution is -2.28. The van der Waals surface area contributed by atoms with Gasteiger partial charge in [0.05, 0.1) is 24.1 Å². The van der Waals surface area contributed by atoms with Gasteiger partial charge in [-0.2, -0.15) is 0 Å². The second kappa shape index (κ2) is 7.94. The average molecular weight is 392 g/mol. The highest BCUT2D eigenvalue weighted by Gasteiger charge is 2.28. The molecule has 0 fully saturated rings. The van der Waals surface area contributed by atoms with Gasteiger partial charge < -0.3 is 10.1 Å². The fourth-order valence-electron chi connectivity index (χ4n) is 3.42. The van der Waals surface area contributed by atoms with Crippen molar-refractivity contribution in [2.45, 2.75) is 19.3 Å². The van der Waals surface area contributed by atoms with E-state index in [-0.39, 0.29) is 11.8 Å². The number of amides is 1. The van der Waals surface area contributed by atoms with Crippen LogP contribution in [0.25, 0.3) is 10.6 Å². The number of aryl methyl sites for hydroxylation is 1. The summed E-state index contributed by atoms with van der Waals surface area (Å²) in [7, 11) is 1.33. The molecule has 5 nitrogen and oxygen atoms in total. The van der Waals surface area contributed by atoms with Crippen molar-refractivity contribution in [2.75, 3.05) is 12.4 Å². The zero-order valence-corrected chi connectivity index (χ0v) is 16.3. The number of anilines is 1. The van der Waals surface area contributed by atoms with E-state index in [1.54, 1.807) is 35.6 Å². The van der Waals surface area contributed by atoms with Gasteiger partial charge in [-0.1, -0.05) is 42.5 Å². The Hall–Kier alpha value is -2.99. The topological polar surface area (TPSA) is 68.3 Å². The van der Waals surface area contributed by atoms with Crippen molar-refractivity contribution in [3.63, 3.8) is 0 Å². The predicted molar refractivity (Wildman–Crippen MR) is 109 cm³/mol. The molecule has 4 rings (SSSR count). The molecule has 0 saturated heterocycles. The molecule has 1 aromatic heterocycles. The number of fused-ring (bicyclic) bond motifs is 1. The van der Waals surface area contributed by atoms with E-state index in [9.17, 15) is 9.59 Å². The number of esters is 1. The van der Waals surface area contributed by atoms with E-state index in [1.165, 1.54) is 12.0 Å². The maximum atomic E-state index is 12.8. The standard InChI is InChI=1S/C22H20N2O3S/c1-27-22(26)16-9-5-6-10-17(16)23-20(25)15-11-12-18-19(13-15)28-21(24-18)14-7-3-2-4-8-14/h2-10,15H,11-13H2,1H3,(H,23,25). The van der Waals surface area contributed by atoms with Crippen LogP contribution in [-0.4, -0.2) is 24.0 Å². The summed E-state index contributed by atoms with van der Waals surface area (Å²) >= 11 is 1.66. The zero-order chi connectivity index (χ0) is 19.5. The second-order valence-corrected chi connectivity index (χ2v) is 7.80. The summed E-state index contributed by atoms with van der Waals surface area (Å²) < 4.78 is 4.80. The third kappa shape index (κ3) is 3.68. The fraction of sp³-hybridized carbons (Fsp3) is 0.227. The zero-order valence-electron chi connectivity index (χ0n) is 15.5. The van der Waals surface area contributed by atoms with E-state index < -0.39 is 5.97 Å². The number of hydrogen-bond acceptors (Lipinski definition) is 5. The Morgan fingerprint density at radius 1 is 1.11 bits per heavy atom. The highest BCUT2D eigenvalue weighted by atomic mass is 32.1. The van der Waals surface area contributed by atoms with Crippen LogP contribution in [0.3, 0.4) is 0 Å². The van der Waals surface area contributed by atoms with Crippen molar-refractivity contribution in [1.82, 2.24) is 4.98 Å². The van der Waals surface area contributed by atoms with Crippen molar-refractivity contribution >= 4 is 28.9 Å². The molecular formula is C22H20N2O3S. The molecule has 2 aromatic carbocycles. The van der Waals surface area contributed by atoms with Crippen LogP contribution in [0.5, 0.6) is 0 Å². The van der Waals surface area contributed by atoms with Gasteiger partial charge >= 0.3 is 5.97 Å². The van der Waals surface area contributed by atoms with Crippen LogP contribution < -0.4 is 5.32 Å². The van der Waals surface area contributed by atoms with Gasteiger partial charge in [0.25, 0.3) is 0 Å². The minimum absolute atomic E-state index is 0.0725. The summed E-state index contributed by atoms with van der Waals surface area (Å²) in [6.45, 7) is 0. The number of aromatic nitrogens is 1. The molecule has 6 heteroatoms. The Kier molecular flexibility index (Phi) is 5.21. The smallest absolute Gasteiger partial charge is 0.339 e. The lowest BCUT2D eigenvalue weighted by molar-refractivity contribution is -0.120.